The number of carbonyl (C=O) groups excluding carboxylic acids is 5. The van der Waals surface area contributed by atoms with Gasteiger partial charge in [0.15, 0.2) is 0 Å². The average Bonchev–Trinajstić information content (AvgIpc) is 3.31. The summed E-state index contributed by atoms with van der Waals surface area (Å²) in [5.74, 6) is -2.47. The SMILES string of the molecule is CC1(C)S[C@@H]2C(NC(=O)C(N)c3ccccc3)C(=O)N2[C@H]1C(=O)OCOC(=O)[C@@H]1N2C(=O)[C@@H](Br)[C@H]2SC1(C)C. The van der Waals surface area contributed by atoms with E-state index in [4.69, 9.17) is 15.2 Å². The van der Waals surface area contributed by atoms with Crippen LogP contribution in [0.25, 0.3) is 0 Å². The van der Waals surface area contributed by atoms with Crippen LogP contribution in [0.3, 0.4) is 0 Å². The summed E-state index contributed by atoms with van der Waals surface area (Å²) in [6.45, 7) is 6.68. The van der Waals surface area contributed by atoms with Crippen molar-refractivity contribution >= 4 is 69.1 Å². The van der Waals surface area contributed by atoms with Gasteiger partial charge in [0.25, 0.3) is 0 Å². The number of thioether (sulfide) groups is 2. The van der Waals surface area contributed by atoms with E-state index >= 15 is 0 Å². The van der Waals surface area contributed by atoms with Crippen LogP contribution in [-0.4, -0.2) is 89.4 Å². The number of nitrogens with zero attached hydrogens (tertiary/aromatic N) is 2. The molecule has 0 bridgehead atoms. The Balaban J connectivity index is 1.17. The molecule has 11 nitrogen and oxygen atoms in total. The lowest BCUT2D eigenvalue weighted by Crippen LogP contribution is -2.71. The summed E-state index contributed by atoms with van der Waals surface area (Å²) in [6.07, 6.45) is 0. The van der Waals surface area contributed by atoms with E-state index in [1.807, 2.05) is 19.9 Å². The van der Waals surface area contributed by atoms with Gasteiger partial charge in [0, 0.05) is 9.49 Å². The number of amides is 3. The fraction of sp³-hybridized carbons (Fsp3) is 0.560. The molecule has 4 heterocycles. The van der Waals surface area contributed by atoms with Crippen molar-refractivity contribution in [2.24, 2.45) is 5.73 Å². The monoisotopic (exact) mass is 640 g/mol. The number of alkyl halides is 1. The Labute approximate surface area is 242 Å². The molecule has 0 spiro atoms. The maximum absolute atomic E-state index is 13.1. The van der Waals surface area contributed by atoms with E-state index in [0.717, 1.165) is 0 Å². The smallest absolute Gasteiger partial charge is 0.333 e. The van der Waals surface area contributed by atoms with E-state index < -0.39 is 69.6 Å². The second-order valence-corrected chi connectivity index (χ2v) is 15.4. The first-order valence-corrected chi connectivity index (χ1v) is 15.0. The van der Waals surface area contributed by atoms with Crippen LogP contribution >= 0.6 is 39.5 Å². The normalized spacial score (nSPS) is 32.4. The standard InChI is InChI=1S/C25H29BrN4O7S2/c1-24(2)15(29-18(32)12(26)20(29)38-24)22(34)36-10-37-23(35)16-25(3,4)39-21-14(19(33)30(16)21)28-17(31)13(27)11-8-6-5-7-9-11/h5-9,12-16,20-21H,10,27H2,1-4H3,(H,28,31)/t12-,13?,14?,15+,16+,20-,21-/m1/s1. The Morgan fingerprint density at radius 3 is 2.03 bits per heavy atom. The fourth-order valence-electron chi connectivity index (χ4n) is 5.43. The maximum atomic E-state index is 13.1. The molecule has 0 aliphatic carbocycles. The minimum atomic E-state index is -0.941. The van der Waals surface area contributed by atoms with Crippen molar-refractivity contribution in [3.63, 3.8) is 0 Å². The summed E-state index contributed by atoms with van der Waals surface area (Å²) in [6, 6.07) is 5.32. The number of esters is 2. The van der Waals surface area contributed by atoms with Crippen molar-refractivity contribution in [2.75, 3.05) is 6.79 Å². The van der Waals surface area contributed by atoms with Crippen molar-refractivity contribution < 1.29 is 33.4 Å². The molecule has 3 amide bonds. The van der Waals surface area contributed by atoms with Gasteiger partial charge in [0.2, 0.25) is 24.5 Å². The highest BCUT2D eigenvalue weighted by Crippen LogP contribution is 2.53. The summed E-state index contributed by atoms with van der Waals surface area (Å²) >= 11 is 6.22. The third-order valence-electron chi connectivity index (χ3n) is 7.40. The summed E-state index contributed by atoms with van der Waals surface area (Å²) in [4.78, 5) is 66.5. The summed E-state index contributed by atoms with van der Waals surface area (Å²) in [5.41, 5.74) is 6.69. The average molecular weight is 642 g/mol. The molecule has 3 N–H and O–H groups in total. The highest BCUT2D eigenvalue weighted by Gasteiger charge is 2.65. The lowest BCUT2D eigenvalue weighted by molar-refractivity contribution is -0.181. The molecule has 1 aromatic rings. The molecular weight excluding hydrogens is 612 g/mol. The molecule has 0 saturated carbocycles. The van der Waals surface area contributed by atoms with Crippen LogP contribution in [0.4, 0.5) is 0 Å². The highest BCUT2D eigenvalue weighted by molar-refractivity contribution is 9.10. The van der Waals surface area contributed by atoms with Crippen LogP contribution in [0, 0.1) is 0 Å². The first-order chi connectivity index (χ1) is 18.3. The van der Waals surface area contributed by atoms with Crippen molar-refractivity contribution in [3.05, 3.63) is 35.9 Å². The molecule has 0 radical (unpaired) electrons. The largest absolute Gasteiger partial charge is 0.426 e. The van der Waals surface area contributed by atoms with Crippen LogP contribution in [0.1, 0.15) is 39.3 Å². The van der Waals surface area contributed by atoms with Crippen LogP contribution < -0.4 is 11.1 Å². The highest BCUT2D eigenvalue weighted by atomic mass is 79.9. The summed E-state index contributed by atoms with van der Waals surface area (Å²) in [5, 5.41) is 2.09. The van der Waals surface area contributed by atoms with Crippen LogP contribution in [0.15, 0.2) is 30.3 Å². The number of rotatable bonds is 7. The third-order valence-corrected chi connectivity index (χ3v) is 11.8. The van der Waals surface area contributed by atoms with Crippen molar-refractivity contribution in [1.82, 2.24) is 15.1 Å². The van der Waals surface area contributed by atoms with Gasteiger partial charge in [-0.25, -0.2) is 9.59 Å². The predicted molar refractivity (Wildman–Crippen MR) is 147 cm³/mol. The second kappa shape index (κ2) is 9.96. The van der Waals surface area contributed by atoms with E-state index in [-0.39, 0.29) is 16.1 Å². The van der Waals surface area contributed by atoms with E-state index in [1.54, 1.807) is 38.1 Å². The molecule has 5 rings (SSSR count). The van der Waals surface area contributed by atoms with Crippen LogP contribution in [-0.2, 0) is 33.4 Å². The number of carbonyl (C=O) groups is 5. The molecule has 4 aliphatic rings. The zero-order valence-corrected chi connectivity index (χ0v) is 24.9. The van der Waals surface area contributed by atoms with Gasteiger partial charge in [-0.2, -0.15) is 0 Å². The second-order valence-electron chi connectivity index (χ2n) is 10.8. The number of hydrogen-bond donors (Lipinski definition) is 2. The lowest BCUT2D eigenvalue weighted by Gasteiger charge is -2.44. The van der Waals surface area contributed by atoms with Gasteiger partial charge in [-0.3, -0.25) is 14.4 Å². The minimum absolute atomic E-state index is 0.158. The van der Waals surface area contributed by atoms with Gasteiger partial charge in [0.05, 0.1) is 0 Å². The van der Waals surface area contributed by atoms with E-state index in [2.05, 4.69) is 21.2 Å². The quantitative estimate of drug-likeness (QED) is 0.192. The first-order valence-electron chi connectivity index (χ1n) is 12.3. The Kier molecular flexibility index (Phi) is 7.22. The Morgan fingerprint density at radius 1 is 0.949 bits per heavy atom. The zero-order chi connectivity index (χ0) is 28.4. The third kappa shape index (κ3) is 4.62. The minimum Gasteiger partial charge on any atom is -0.426 e. The topological polar surface area (TPSA) is 148 Å². The molecule has 4 fully saturated rings. The van der Waals surface area contributed by atoms with Gasteiger partial charge in [-0.15, -0.1) is 23.5 Å². The number of ether oxygens (including phenoxy) is 2. The fourth-order valence-corrected chi connectivity index (χ4v) is 9.40. The lowest BCUT2D eigenvalue weighted by atomic mass is 9.95. The van der Waals surface area contributed by atoms with Crippen molar-refractivity contribution in [3.8, 4) is 0 Å². The predicted octanol–water partition coefficient (Wildman–Crippen LogP) is 1.10. The number of benzene rings is 1. The molecule has 4 aliphatic heterocycles. The zero-order valence-electron chi connectivity index (χ0n) is 21.7. The molecule has 2 unspecified atom stereocenters. The summed E-state index contributed by atoms with van der Waals surface area (Å²) in [7, 11) is 0. The molecular formula is C25H29BrN4O7S2. The summed E-state index contributed by atoms with van der Waals surface area (Å²) < 4.78 is 9.24. The molecule has 1 aromatic carbocycles. The van der Waals surface area contributed by atoms with Gasteiger partial charge < -0.3 is 30.3 Å². The van der Waals surface area contributed by atoms with Gasteiger partial charge in [0.1, 0.15) is 39.7 Å². The van der Waals surface area contributed by atoms with Crippen LogP contribution in [0.5, 0.6) is 0 Å². The first kappa shape index (κ1) is 28.2. The van der Waals surface area contributed by atoms with E-state index in [9.17, 15) is 24.0 Å². The Morgan fingerprint density at radius 2 is 1.46 bits per heavy atom. The van der Waals surface area contributed by atoms with Gasteiger partial charge in [-0.1, -0.05) is 46.3 Å². The van der Waals surface area contributed by atoms with E-state index in [0.29, 0.717) is 5.56 Å². The molecule has 7 atom stereocenters. The van der Waals surface area contributed by atoms with Crippen LogP contribution in [0.2, 0.25) is 0 Å². The number of nitrogens with two attached hydrogens (primary N) is 1. The number of nitrogens with one attached hydrogen (secondary N) is 1. The molecule has 210 valence electrons. The maximum Gasteiger partial charge on any atom is 0.333 e. The number of fused-ring (bicyclic) bond motifs is 2. The Bertz CT molecular complexity index is 1230. The Hall–Kier alpha value is -2.29. The number of β-lactam (4-membered cyclic amide) rings is 2. The molecule has 39 heavy (non-hydrogen) atoms. The van der Waals surface area contributed by atoms with Crippen molar-refractivity contribution in [2.45, 2.75) is 76.9 Å². The molecule has 14 heteroatoms. The van der Waals surface area contributed by atoms with E-state index in [1.165, 1.54) is 33.3 Å². The number of hydrogen-bond acceptors (Lipinski definition) is 10. The molecule has 0 aromatic heterocycles. The van der Waals surface area contributed by atoms with Crippen molar-refractivity contribution in [1.29, 1.82) is 0 Å². The van der Waals surface area contributed by atoms with Gasteiger partial charge in [-0.05, 0) is 33.3 Å². The van der Waals surface area contributed by atoms with Gasteiger partial charge >= 0.3 is 11.9 Å². The molecule has 4 saturated heterocycles. The number of halogens is 1.